The molecule has 0 unspecified atom stereocenters. The molecule has 0 aliphatic carbocycles. The van der Waals surface area contributed by atoms with E-state index in [1.165, 1.54) is 10.4 Å². The molecule has 3 heteroatoms. The van der Waals surface area contributed by atoms with Crippen LogP contribution in [-0.2, 0) is 12.8 Å². The van der Waals surface area contributed by atoms with Crippen molar-refractivity contribution < 1.29 is 9.90 Å². The highest BCUT2D eigenvalue weighted by atomic mass is 32.1. The SMILES string of the molecule is Cc1cc(CCc2cccs2)ccc1C(=O)O. The van der Waals surface area contributed by atoms with Crippen molar-refractivity contribution in [3.05, 3.63) is 57.3 Å². The number of hydrogen-bond donors (Lipinski definition) is 1. The Morgan fingerprint density at radius 1 is 1.29 bits per heavy atom. The van der Waals surface area contributed by atoms with Gasteiger partial charge in [0.15, 0.2) is 0 Å². The van der Waals surface area contributed by atoms with Gasteiger partial charge >= 0.3 is 5.97 Å². The average molecular weight is 246 g/mol. The molecule has 1 aromatic heterocycles. The summed E-state index contributed by atoms with van der Waals surface area (Å²) in [7, 11) is 0. The zero-order valence-corrected chi connectivity index (χ0v) is 10.5. The molecule has 0 aliphatic rings. The summed E-state index contributed by atoms with van der Waals surface area (Å²) in [5.41, 5.74) is 2.42. The van der Waals surface area contributed by atoms with Crippen molar-refractivity contribution in [2.24, 2.45) is 0 Å². The third-order valence-electron chi connectivity index (χ3n) is 2.76. The largest absolute Gasteiger partial charge is 0.478 e. The van der Waals surface area contributed by atoms with E-state index in [4.69, 9.17) is 5.11 Å². The van der Waals surface area contributed by atoms with Crippen LogP contribution < -0.4 is 0 Å². The number of aryl methyl sites for hydroxylation is 3. The second kappa shape index (κ2) is 5.15. The lowest BCUT2D eigenvalue weighted by Gasteiger charge is -2.04. The molecule has 1 aromatic carbocycles. The van der Waals surface area contributed by atoms with Crippen LogP contribution in [0.1, 0.15) is 26.4 Å². The molecule has 17 heavy (non-hydrogen) atoms. The lowest BCUT2D eigenvalue weighted by Crippen LogP contribution is -2.00. The van der Waals surface area contributed by atoms with E-state index in [9.17, 15) is 4.79 Å². The average Bonchev–Trinajstić information content (AvgIpc) is 2.78. The second-order valence-corrected chi connectivity index (χ2v) is 5.07. The van der Waals surface area contributed by atoms with Gasteiger partial charge in [0, 0.05) is 4.88 Å². The number of rotatable bonds is 4. The smallest absolute Gasteiger partial charge is 0.335 e. The van der Waals surface area contributed by atoms with Crippen LogP contribution in [0.2, 0.25) is 0 Å². The molecule has 88 valence electrons. The van der Waals surface area contributed by atoms with Gasteiger partial charge in [-0.25, -0.2) is 4.79 Å². The second-order valence-electron chi connectivity index (χ2n) is 4.03. The van der Waals surface area contributed by atoms with Gasteiger partial charge in [-0.1, -0.05) is 18.2 Å². The minimum absolute atomic E-state index is 0.393. The Hall–Kier alpha value is -1.61. The summed E-state index contributed by atoms with van der Waals surface area (Å²) in [6.07, 6.45) is 1.98. The quantitative estimate of drug-likeness (QED) is 0.896. The van der Waals surface area contributed by atoms with Crippen LogP contribution in [0.4, 0.5) is 0 Å². The zero-order valence-electron chi connectivity index (χ0n) is 9.64. The summed E-state index contributed by atoms with van der Waals surface area (Å²) in [6.45, 7) is 1.85. The molecule has 0 atom stereocenters. The van der Waals surface area contributed by atoms with E-state index in [2.05, 4.69) is 17.5 Å². The highest BCUT2D eigenvalue weighted by Gasteiger charge is 2.07. The van der Waals surface area contributed by atoms with Crippen LogP contribution in [0.15, 0.2) is 35.7 Å². The molecule has 1 N–H and O–H groups in total. The minimum Gasteiger partial charge on any atom is -0.478 e. The molecule has 0 radical (unpaired) electrons. The summed E-state index contributed by atoms with van der Waals surface area (Å²) in [5.74, 6) is -0.854. The van der Waals surface area contributed by atoms with E-state index in [-0.39, 0.29) is 0 Å². The number of carboxylic acid groups (broad SMARTS) is 1. The first kappa shape index (κ1) is 11.9. The molecule has 2 aromatic rings. The van der Waals surface area contributed by atoms with Gasteiger partial charge in [0.05, 0.1) is 5.56 Å². The first-order chi connectivity index (χ1) is 8.16. The fourth-order valence-electron chi connectivity index (χ4n) is 1.84. The first-order valence-electron chi connectivity index (χ1n) is 5.52. The summed E-state index contributed by atoms with van der Waals surface area (Å²) in [4.78, 5) is 12.2. The Bertz CT molecular complexity index is 515. The molecule has 0 aliphatic heterocycles. The van der Waals surface area contributed by atoms with Gasteiger partial charge in [0.2, 0.25) is 0 Å². The molecule has 0 bridgehead atoms. The monoisotopic (exact) mass is 246 g/mol. The normalized spacial score (nSPS) is 10.4. The highest BCUT2D eigenvalue weighted by Crippen LogP contribution is 2.15. The molecule has 1 heterocycles. The fourth-order valence-corrected chi connectivity index (χ4v) is 2.55. The van der Waals surface area contributed by atoms with Crippen molar-refractivity contribution in [1.82, 2.24) is 0 Å². The van der Waals surface area contributed by atoms with E-state index in [0.29, 0.717) is 5.56 Å². The van der Waals surface area contributed by atoms with Crippen LogP contribution in [-0.4, -0.2) is 11.1 Å². The van der Waals surface area contributed by atoms with Gasteiger partial charge in [-0.05, 0) is 48.4 Å². The first-order valence-corrected chi connectivity index (χ1v) is 6.40. The van der Waals surface area contributed by atoms with E-state index in [1.54, 1.807) is 17.4 Å². The van der Waals surface area contributed by atoms with Gasteiger partial charge in [-0.3, -0.25) is 0 Å². The molecular weight excluding hydrogens is 232 g/mol. The van der Waals surface area contributed by atoms with Gasteiger partial charge in [-0.15, -0.1) is 11.3 Å². The standard InChI is InChI=1S/C14H14O2S/c1-10-9-11(5-7-13(10)14(15)16)4-6-12-3-2-8-17-12/h2-3,5,7-9H,4,6H2,1H3,(H,15,16). The molecular formula is C14H14O2S. The molecule has 0 saturated heterocycles. The molecule has 0 fully saturated rings. The zero-order chi connectivity index (χ0) is 12.3. The summed E-state index contributed by atoms with van der Waals surface area (Å²) >= 11 is 1.76. The maximum Gasteiger partial charge on any atom is 0.335 e. The summed E-state index contributed by atoms with van der Waals surface area (Å²) in [6, 6.07) is 9.75. The Balaban J connectivity index is 2.07. The Kier molecular flexibility index (Phi) is 3.59. The van der Waals surface area contributed by atoms with Crippen molar-refractivity contribution in [2.75, 3.05) is 0 Å². The third-order valence-corrected chi connectivity index (χ3v) is 3.70. The Morgan fingerprint density at radius 3 is 2.71 bits per heavy atom. The maximum absolute atomic E-state index is 10.9. The number of carbonyl (C=O) groups is 1. The molecule has 2 rings (SSSR count). The lowest BCUT2D eigenvalue weighted by molar-refractivity contribution is 0.0696. The van der Waals surface area contributed by atoms with Crippen molar-refractivity contribution in [2.45, 2.75) is 19.8 Å². The van der Waals surface area contributed by atoms with Crippen LogP contribution in [0.25, 0.3) is 0 Å². The molecule has 0 amide bonds. The van der Waals surface area contributed by atoms with Crippen LogP contribution in [0, 0.1) is 6.92 Å². The maximum atomic E-state index is 10.9. The predicted octanol–water partition coefficient (Wildman–Crippen LogP) is 3.54. The fraction of sp³-hybridized carbons (Fsp3) is 0.214. The van der Waals surface area contributed by atoms with Crippen molar-refractivity contribution in [3.63, 3.8) is 0 Å². The van der Waals surface area contributed by atoms with Gasteiger partial charge in [-0.2, -0.15) is 0 Å². The summed E-state index contributed by atoms with van der Waals surface area (Å²) in [5, 5.41) is 11.0. The lowest BCUT2D eigenvalue weighted by atomic mass is 10.0. The third kappa shape index (κ3) is 2.94. The Morgan fingerprint density at radius 2 is 2.12 bits per heavy atom. The van der Waals surface area contributed by atoms with E-state index in [0.717, 1.165) is 18.4 Å². The van der Waals surface area contributed by atoms with Gasteiger partial charge in [0.1, 0.15) is 0 Å². The van der Waals surface area contributed by atoms with Crippen LogP contribution in [0.3, 0.4) is 0 Å². The van der Waals surface area contributed by atoms with Gasteiger partial charge < -0.3 is 5.11 Å². The highest BCUT2D eigenvalue weighted by molar-refractivity contribution is 7.09. The molecule has 0 spiro atoms. The number of benzene rings is 1. The topological polar surface area (TPSA) is 37.3 Å². The molecule has 0 saturated carbocycles. The minimum atomic E-state index is -0.854. The van der Waals surface area contributed by atoms with Crippen molar-refractivity contribution >= 4 is 17.3 Å². The number of aromatic carboxylic acids is 1. The van der Waals surface area contributed by atoms with Gasteiger partial charge in [0.25, 0.3) is 0 Å². The van der Waals surface area contributed by atoms with Crippen LogP contribution >= 0.6 is 11.3 Å². The number of thiophene rings is 1. The Labute approximate surface area is 105 Å². The predicted molar refractivity (Wildman–Crippen MR) is 69.9 cm³/mol. The van der Waals surface area contributed by atoms with Crippen molar-refractivity contribution in [1.29, 1.82) is 0 Å². The number of carboxylic acids is 1. The van der Waals surface area contributed by atoms with Crippen LogP contribution in [0.5, 0.6) is 0 Å². The van der Waals surface area contributed by atoms with E-state index >= 15 is 0 Å². The molecule has 2 nitrogen and oxygen atoms in total. The summed E-state index contributed by atoms with van der Waals surface area (Å²) < 4.78 is 0. The van der Waals surface area contributed by atoms with E-state index in [1.807, 2.05) is 19.1 Å². The number of hydrogen-bond acceptors (Lipinski definition) is 2. The van der Waals surface area contributed by atoms with E-state index < -0.39 is 5.97 Å². The van der Waals surface area contributed by atoms with Crippen molar-refractivity contribution in [3.8, 4) is 0 Å².